The Morgan fingerprint density at radius 3 is 2.50 bits per heavy atom. The third kappa shape index (κ3) is 3.22. The summed E-state index contributed by atoms with van der Waals surface area (Å²) < 4.78 is 4.80. The first-order valence-electron chi connectivity index (χ1n) is 6.31. The molecular weight excluding hydrogens is 230 g/mol. The highest BCUT2D eigenvalue weighted by atomic mass is 16.5. The van der Waals surface area contributed by atoms with E-state index in [0.717, 1.165) is 18.4 Å². The van der Waals surface area contributed by atoms with E-state index < -0.39 is 0 Å². The van der Waals surface area contributed by atoms with Gasteiger partial charge in [-0.1, -0.05) is 25.5 Å². The largest absolute Gasteiger partial charge is 0.466 e. The zero-order chi connectivity index (χ0) is 13.7. The fourth-order valence-electron chi connectivity index (χ4n) is 2.22. The third-order valence-corrected chi connectivity index (χ3v) is 3.19. The fourth-order valence-corrected chi connectivity index (χ4v) is 2.22. The number of nitrogens with one attached hydrogen (secondary N) is 1. The van der Waals surface area contributed by atoms with Crippen LogP contribution in [-0.4, -0.2) is 25.0 Å². The predicted octanol–water partition coefficient (Wildman–Crippen LogP) is 1.97. The summed E-state index contributed by atoms with van der Waals surface area (Å²) in [4.78, 5) is 23.1. The Kier molecular flexibility index (Phi) is 5.13. The first-order chi connectivity index (χ1) is 8.53. The van der Waals surface area contributed by atoms with Gasteiger partial charge in [0.1, 0.15) is 0 Å². The van der Waals surface area contributed by atoms with Crippen molar-refractivity contribution in [1.29, 1.82) is 0 Å². The van der Waals surface area contributed by atoms with Crippen molar-refractivity contribution in [2.75, 3.05) is 7.11 Å². The molecule has 1 N–H and O–H groups in total. The van der Waals surface area contributed by atoms with Gasteiger partial charge >= 0.3 is 5.97 Å². The number of amides is 1. The number of carbonyl (C=O) groups is 2. The Morgan fingerprint density at radius 1 is 1.39 bits per heavy atom. The van der Waals surface area contributed by atoms with Crippen LogP contribution in [0, 0.1) is 5.92 Å². The normalized spacial score (nSPS) is 22.9. The molecule has 2 atom stereocenters. The molecule has 0 bridgehead atoms. The van der Waals surface area contributed by atoms with Gasteiger partial charge in [-0.05, 0) is 18.9 Å². The number of methoxy groups -OCH3 is 1. The molecule has 0 heterocycles. The van der Waals surface area contributed by atoms with Gasteiger partial charge in [-0.3, -0.25) is 4.79 Å². The highest BCUT2D eigenvalue weighted by Gasteiger charge is 2.31. The molecule has 0 aromatic carbocycles. The minimum Gasteiger partial charge on any atom is -0.466 e. The van der Waals surface area contributed by atoms with E-state index in [2.05, 4.69) is 11.4 Å². The van der Waals surface area contributed by atoms with Crippen LogP contribution >= 0.6 is 0 Å². The highest BCUT2D eigenvalue weighted by Crippen LogP contribution is 2.28. The van der Waals surface area contributed by atoms with E-state index in [9.17, 15) is 9.59 Å². The van der Waals surface area contributed by atoms with E-state index in [1.54, 1.807) is 0 Å². The van der Waals surface area contributed by atoms with Crippen LogP contribution < -0.4 is 5.32 Å². The minimum atomic E-state index is -0.369. The summed E-state index contributed by atoms with van der Waals surface area (Å²) in [5.41, 5.74) is 1.66. The van der Waals surface area contributed by atoms with E-state index >= 15 is 0 Å². The van der Waals surface area contributed by atoms with Gasteiger partial charge in [0.15, 0.2) is 0 Å². The summed E-state index contributed by atoms with van der Waals surface area (Å²) >= 11 is 0. The van der Waals surface area contributed by atoms with Crippen LogP contribution in [-0.2, 0) is 14.3 Å². The Hall–Kier alpha value is -1.58. The van der Waals surface area contributed by atoms with Crippen molar-refractivity contribution in [3.8, 4) is 0 Å². The van der Waals surface area contributed by atoms with Crippen molar-refractivity contribution in [2.45, 2.75) is 39.7 Å². The van der Waals surface area contributed by atoms with Crippen LogP contribution in [0.15, 0.2) is 23.3 Å². The maximum absolute atomic E-state index is 11.8. The summed E-state index contributed by atoms with van der Waals surface area (Å²) in [7, 11) is 1.36. The van der Waals surface area contributed by atoms with Crippen molar-refractivity contribution in [1.82, 2.24) is 5.32 Å². The van der Waals surface area contributed by atoms with Crippen LogP contribution in [0.2, 0.25) is 0 Å². The molecule has 100 valence electrons. The third-order valence-electron chi connectivity index (χ3n) is 3.19. The molecule has 0 saturated carbocycles. The molecule has 1 rings (SSSR count). The second kappa shape index (κ2) is 6.38. The van der Waals surface area contributed by atoms with Gasteiger partial charge in [-0.25, -0.2) is 4.79 Å². The van der Waals surface area contributed by atoms with Crippen LogP contribution in [0.5, 0.6) is 0 Å². The zero-order valence-electron chi connectivity index (χ0n) is 11.4. The maximum Gasteiger partial charge on any atom is 0.335 e. The second-order valence-corrected chi connectivity index (χ2v) is 4.44. The Balaban J connectivity index is 3.10. The predicted molar refractivity (Wildman–Crippen MR) is 69.9 cm³/mol. The van der Waals surface area contributed by atoms with Crippen molar-refractivity contribution in [3.05, 3.63) is 23.3 Å². The lowest BCUT2D eigenvalue weighted by Crippen LogP contribution is -2.43. The lowest BCUT2D eigenvalue weighted by atomic mass is 9.83. The van der Waals surface area contributed by atoms with Crippen molar-refractivity contribution in [2.24, 2.45) is 5.92 Å². The topological polar surface area (TPSA) is 55.4 Å². The van der Waals surface area contributed by atoms with Crippen molar-refractivity contribution in [3.63, 3.8) is 0 Å². The summed E-state index contributed by atoms with van der Waals surface area (Å²) in [6, 6.07) is -0.282. The average Bonchev–Trinajstić information content (AvgIpc) is 2.37. The van der Waals surface area contributed by atoms with Crippen LogP contribution in [0.3, 0.4) is 0 Å². The summed E-state index contributed by atoms with van der Waals surface area (Å²) in [5.74, 6) is -0.365. The smallest absolute Gasteiger partial charge is 0.335 e. The van der Waals surface area contributed by atoms with Gasteiger partial charge in [0, 0.05) is 12.8 Å². The number of esters is 1. The molecule has 0 aromatic heterocycles. The summed E-state index contributed by atoms with van der Waals surface area (Å²) in [6.45, 7) is 5.55. The van der Waals surface area contributed by atoms with E-state index in [4.69, 9.17) is 4.74 Å². The Morgan fingerprint density at radius 2 is 2.06 bits per heavy atom. The lowest BCUT2D eigenvalue weighted by Gasteiger charge is -2.30. The fraction of sp³-hybridized carbons (Fsp3) is 0.571. The summed E-state index contributed by atoms with van der Waals surface area (Å²) in [6.07, 6.45) is 5.69. The molecule has 0 fully saturated rings. The molecule has 0 spiro atoms. The van der Waals surface area contributed by atoms with E-state index in [1.165, 1.54) is 14.0 Å². The summed E-state index contributed by atoms with van der Waals surface area (Å²) in [5, 5.41) is 2.84. The second-order valence-electron chi connectivity index (χ2n) is 4.44. The molecule has 0 aliphatic heterocycles. The van der Waals surface area contributed by atoms with Gasteiger partial charge in [0.05, 0.1) is 18.7 Å². The number of ether oxygens (including phenoxy) is 1. The maximum atomic E-state index is 11.8. The molecule has 1 aliphatic rings. The molecule has 1 aliphatic carbocycles. The van der Waals surface area contributed by atoms with Crippen LogP contribution in [0.25, 0.3) is 0 Å². The van der Waals surface area contributed by atoms with Gasteiger partial charge in [-0.15, -0.1) is 0 Å². The monoisotopic (exact) mass is 251 g/mol. The minimum absolute atomic E-state index is 0.137. The molecule has 18 heavy (non-hydrogen) atoms. The molecule has 4 heteroatoms. The molecule has 0 radical (unpaired) electrons. The van der Waals surface area contributed by atoms with E-state index in [1.807, 2.05) is 19.9 Å². The zero-order valence-corrected chi connectivity index (χ0v) is 11.4. The number of allylic oxidation sites excluding steroid dienone is 2. The molecule has 0 saturated heterocycles. The number of hydrogen-bond donors (Lipinski definition) is 1. The molecule has 0 aromatic rings. The Labute approximate surface area is 108 Å². The van der Waals surface area contributed by atoms with E-state index in [0.29, 0.717) is 5.57 Å². The molecule has 1 amide bonds. The molecular formula is C14H21NO3. The lowest BCUT2D eigenvalue weighted by molar-refractivity contribution is -0.136. The van der Waals surface area contributed by atoms with Gasteiger partial charge in [0.25, 0.3) is 0 Å². The van der Waals surface area contributed by atoms with E-state index in [-0.39, 0.29) is 23.8 Å². The Bertz CT molecular complexity index is 396. The first-order valence-corrected chi connectivity index (χ1v) is 6.31. The van der Waals surface area contributed by atoms with Gasteiger partial charge in [-0.2, -0.15) is 0 Å². The quantitative estimate of drug-likeness (QED) is 0.777. The highest BCUT2D eigenvalue weighted by molar-refractivity contribution is 5.92. The molecule has 2 unspecified atom stereocenters. The number of rotatable bonds is 4. The first kappa shape index (κ1) is 14.5. The van der Waals surface area contributed by atoms with Crippen LogP contribution in [0.1, 0.15) is 33.6 Å². The van der Waals surface area contributed by atoms with Crippen molar-refractivity contribution >= 4 is 11.9 Å². The van der Waals surface area contributed by atoms with Crippen LogP contribution in [0.4, 0.5) is 0 Å². The standard InChI is InChI=1S/C14H21NO3/c1-5-10-7-11(6-2)13(15-9(3)16)12(8-10)14(17)18-4/h7-8,11,13H,5-6H2,1-4H3,(H,15,16). The number of hydrogen-bond acceptors (Lipinski definition) is 3. The van der Waals surface area contributed by atoms with Gasteiger partial charge in [0.2, 0.25) is 5.91 Å². The average molecular weight is 251 g/mol. The van der Waals surface area contributed by atoms with Gasteiger partial charge < -0.3 is 10.1 Å². The van der Waals surface area contributed by atoms with Crippen molar-refractivity contribution < 1.29 is 14.3 Å². The number of carbonyl (C=O) groups excluding carboxylic acids is 2. The SMILES string of the molecule is CCC1=CC(CC)C(NC(C)=O)C(C(=O)OC)=C1. The molecule has 4 nitrogen and oxygen atoms in total.